The number of nitrogens with zero attached hydrogens (tertiary/aromatic N) is 1. The lowest BCUT2D eigenvalue weighted by Gasteiger charge is -2.08. The summed E-state index contributed by atoms with van der Waals surface area (Å²) in [5, 5.41) is 0.855. The summed E-state index contributed by atoms with van der Waals surface area (Å²) in [5.74, 6) is 0.922. The van der Waals surface area contributed by atoms with Gasteiger partial charge in [0.1, 0.15) is 17.2 Å². The minimum absolute atomic E-state index is 0.463. The zero-order valence-corrected chi connectivity index (χ0v) is 10.9. The lowest BCUT2D eigenvalue weighted by Crippen LogP contribution is -2.16. The van der Waals surface area contributed by atoms with Crippen LogP contribution in [-0.4, -0.2) is 24.7 Å². The monoisotopic (exact) mass is 248 g/mol. The molecule has 0 fully saturated rings. The van der Waals surface area contributed by atoms with Crippen LogP contribution in [0, 0.1) is 6.92 Å². The normalized spacial score (nSPS) is 10.7. The maximum absolute atomic E-state index is 11.5. The van der Waals surface area contributed by atoms with Gasteiger partial charge < -0.3 is 19.8 Å². The number of ether oxygens (including phenoxy) is 2. The SMILES string of the molecule is COc1ccc(OC)c2c1c(C)c(C(N)=O)n2C. The number of aromatic nitrogens is 1. The van der Waals surface area contributed by atoms with E-state index in [9.17, 15) is 4.79 Å². The Morgan fingerprint density at radius 1 is 1.22 bits per heavy atom. The van der Waals surface area contributed by atoms with Gasteiger partial charge in [0.2, 0.25) is 0 Å². The molecule has 1 aromatic carbocycles. The van der Waals surface area contributed by atoms with Crippen molar-refractivity contribution < 1.29 is 14.3 Å². The standard InChI is InChI=1S/C13H16N2O3/c1-7-10-8(17-3)5-6-9(18-4)12(10)15(2)11(7)13(14)16/h5-6H,1-4H3,(H2,14,16). The van der Waals surface area contributed by atoms with E-state index in [2.05, 4.69) is 0 Å². The quantitative estimate of drug-likeness (QED) is 0.897. The fourth-order valence-electron chi connectivity index (χ4n) is 2.42. The lowest BCUT2D eigenvalue weighted by molar-refractivity contribution is 0.0992. The molecule has 0 spiro atoms. The highest BCUT2D eigenvalue weighted by molar-refractivity contribution is 6.04. The molecule has 2 aromatic rings. The van der Waals surface area contributed by atoms with Gasteiger partial charge >= 0.3 is 0 Å². The third-order valence-electron chi connectivity index (χ3n) is 3.18. The first-order valence-electron chi connectivity index (χ1n) is 5.52. The molecular formula is C13H16N2O3. The van der Waals surface area contributed by atoms with Gasteiger partial charge in [0.05, 0.1) is 19.7 Å². The van der Waals surface area contributed by atoms with Gasteiger partial charge in [-0.1, -0.05) is 0 Å². The maximum Gasteiger partial charge on any atom is 0.265 e. The van der Waals surface area contributed by atoms with Crippen LogP contribution < -0.4 is 15.2 Å². The molecule has 1 heterocycles. The number of amides is 1. The second-order valence-corrected chi connectivity index (χ2v) is 4.09. The van der Waals surface area contributed by atoms with E-state index < -0.39 is 5.91 Å². The summed E-state index contributed by atoms with van der Waals surface area (Å²) in [6, 6.07) is 3.63. The molecule has 0 bridgehead atoms. The smallest absolute Gasteiger partial charge is 0.265 e. The Balaban J connectivity index is 2.99. The van der Waals surface area contributed by atoms with Gasteiger partial charge in [-0.2, -0.15) is 0 Å². The molecule has 5 heteroatoms. The van der Waals surface area contributed by atoms with Crippen molar-refractivity contribution in [2.75, 3.05) is 14.2 Å². The molecule has 96 valence electrons. The molecular weight excluding hydrogens is 232 g/mol. The molecule has 1 aromatic heterocycles. The molecule has 0 atom stereocenters. The number of hydrogen-bond donors (Lipinski definition) is 1. The van der Waals surface area contributed by atoms with Crippen molar-refractivity contribution in [2.24, 2.45) is 12.8 Å². The predicted molar refractivity (Wildman–Crippen MR) is 69.3 cm³/mol. The first-order chi connectivity index (χ1) is 8.52. The first kappa shape index (κ1) is 12.3. The molecule has 2 rings (SSSR count). The Hall–Kier alpha value is -2.17. The van der Waals surface area contributed by atoms with Crippen molar-refractivity contribution in [3.8, 4) is 11.5 Å². The molecule has 0 aliphatic rings. The van der Waals surface area contributed by atoms with Gasteiger partial charge in [-0.15, -0.1) is 0 Å². The van der Waals surface area contributed by atoms with Gasteiger partial charge in [0.25, 0.3) is 5.91 Å². The summed E-state index contributed by atoms with van der Waals surface area (Å²) in [6.07, 6.45) is 0. The summed E-state index contributed by atoms with van der Waals surface area (Å²) in [7, 11) is 4.97. The number of nitrogens with two attached hydrogens (primary N) is 1. The largest absolute Gasteiger partial charge is 0.496 e. The molecule has 5 nitrogen and oxygen atoms in total. The molecule has 1 amide bonds. The summed E-state index contributed by atoms with van der Waals surface area (Å²) in [4.78, 5) is 11.5. The van der Waals surface area contributed by atoms with Crippen LogP contribution >= 0.6 is 0 Å². The zero-order chi connectivity index (χ0) is 13.4. The topological polar surface area (TPSA) is 66.5 Å². The summed E-state index contributed by atoms with van der Waals surface area (Å²) in [5.41, 5.74) is 7.50. The fourth-order valence-corrected chi connectivity index (χ4v) is 2.42. The Labute approximate surface area is 105 Å². The predicted octanol–water partition coefficient (Wildman–Crippen LogP) is 1.60. The Morgan fingerprint density at radius 2 is 1.78 bits per heavy atom. The number of aryl methyl sites for hydroxylation is 2. The molecule has 0 saturated heterocycles. The van der Waals surface area contributed by atoms with Crippen LogP contribution in [0.2, 0.25) is 0 Å². The molecule has 0 unspecified atom stereocenters. The van der Waals surface area contributed by atoms with Gasteiger partial charge in [-0.3, -0.25) is 4.79 Å². The van der Waals surface area contributed by atoms with Crippen LogP contribution in [0.1, 0.15) is 16.1 Å². The van der Waals surface area contributed by atoms with Crippen LogP contribution in [-0.2, 0) is 7.05 Å². The number of hydrogen-bond acceptors (Lipinski definition) is 3. The highest BCUT2D eigenvalue weighted by Crippen LogP contribution is 2.38. The van der Waals surface area contributed by atoms with Crippen LogP contribution in [0.15, 0.2) is 12.1 Å². The van der Waals surface area contributed by atoms with Gasteiger partial charge in [-0.05, 0) is 24.6 Å². The highest BCUT2D eigenvalue weighted by atomic mass is 16.5. The van der Waals surface area contributed by atoms with E-state index in [0.717, 1.165) is 16.5 Å². The van der Waals surface area contributed by atoms with E-state index in [1.807, 2.05) is 19.1 Å². The lowest BCUT2D eigenvalue weighted by atomic mass is 10.1. The van der Waals surface area contributed by atoms with Gasteiger partial charge in [0.15, 0.2) is 0 Å². The first-order valence-corrected chi connectivity index (χ1v) is 5.52. The number of carbonyl (C=O) groups excluding carboxylic acids is 1. The molecule has 2 N–H and O–H groups in total. The van der Waals surface area contributed by atoms with Crippen LogP contribution in [0.4, 0.5) is 0 Å². The van der Waals surface area contributed by atoms with E-state index >= 15 is 0 Å². The van der Waals surface area contributed by atoms with Gasteiger partial charge in [0, 0.05) is 12.4 Å². The van der Waals surface area contributed by atoms with Gasteiger partial charge in [-0.25, -0.2) is 0 Å². The van der Waals surface area contributed by atoms with Crippen molar-refractivity contribution in [1.82, 2.24) is 4.57 Å². The van der Waals surface area contributed by atoms with E-state index in [1.165, 1.54) is 0 Å². The molecule has 0 aliphatic carbocycles. The van der Waals surface area contributed by atoms with E-state index in [1.54, 1.807) is 25.8 Å². The third kappa shape index (κ3) is 1.51. The molecule has 0 aliphatic heterocycles. The average Bonchev–Trinajstić information content (AvgIpc) is 2.61. The van der Waals surface area contributed by atoms with Crippen molar-refractivity contribution in [2.45, 2.75) is 6.92 Å². The molecule has 0 radical (unpaired) electrons. The van der Waals surface area contributed by atoms with Crippen molar-refractivity contribution in [1.29, 1.82) is 0 Å². The zero-order valence-electron chi connectivity index (χ0n) is 10.9. The van der Waals surface area contributed by atoms with Crippen LogP contribution in [0.25, 0.3) is 10.9 Å². The summed E-state index contributed by atoms with van der Waals surface area (Å²) in [6.45, 7) is 1.85. The number of benzene rings is 1. The summed E-state index contributed by atoms with van der Waals surface area (Å²) >= 11 is 0. The van der Waals surface area contributed by atoms with Crippen molar-refractivity contribution in [3.63, 3.8) is 0 Å². The minimum atomic E-state index is -0.463. The number of rotatable bonds is 3. The Morgan fingerprint density at radius 3 is 2.28 bits per heavy atom. The van der Waals surface area contributed by atoms with Crippen molar-refractivity contribution >= 4 is 16.8 Å². The highest BCUT2D eigenvalue weighted by Gasteiger charge is 2.21. The maximum atomic E-state index is 11.5. The second kappa shape index (κ2) is 4.25. The number of primary amides is 1. The summed E-state index contributed by atoms with van der Waals surface area (Å²) < 4.78 is 12.4. The molecule has 18 heavy (non-hydrogen) atoms. The Bertz CT molecular complexity index is 582. The van der Waals surface area contributed by atoms with E-state index in [-0.39, 0.29) is 0 Å². The number of methoxy groups -OCH3 is 2. The van der Waals surface area contributed by atoms with E-state index in [4.69, 9.17) is 15.2 Å². The van der Waals surface area contributed by atoms with E-state index in [0.29, 0.717) is 17.2 Å². The van der Waals surface area contributed by atoms with Crippen LogP contribution in [0.3, 0.4) is 0 Å². The minimum Gasteiger partial charge on any atom is -0.496 e. The average molecular weight is 248 g/mol. The Kier molecular flexibility index (Phi) is 2.90. The number of carbonyl (C=O) groups is 1. The fraction of sp³-hybridized carbons (Fsp3) is 0.308. The van der Waals surface area contributed by atoms with Crippen LogP contribution in [0.5, 0.6) is 11.5 Å². The molecule has 0 saturated carbocycles. The number of fused-ring (bicyclic) bond motifs is 1. The second-order valence-electron chi connectivity index (χ2n) is 4.09. The van der Waals surface area contributed by atoms with Crippen molar-refractivity contribution in [3.05, 3.63) is 23.4 Å². The third-order valence-corrected chi connectivity index (χ3v) is 3.18.